The summed E-state index contributed by atoms with van der Waals surface area (Å²) in [6.45, 7) is 0. The number of rotatable bonds is 8. The first kappa shape index (κ1) is 24.3. The Morgan fingerprint density at radius 3 is 2.14 bits per heavy atom. The molecule has 176 valence electrons. The molecule has 0 saturated carbocycles. The van der Waals surface area contributed by atoms with Gasteiger partial charge in [-0.2, -0.15) is 0 Å². The van der Waals surface area contributed by atoms with Crippen molar-refractivity contribution in [2.75, 3.05) is 23.1 Å². The molecule has 0 aromatic heterocycles. The SMILES string of the molecule is COc1ccccc1NC(=O)C(Sc1cccc(NC(=S)Nc2ccccc2)c1)c1ccccc1. The number of methoxy groups -OCH3 is 1. The maximum Gasteiger partial charge on any atom is 0.242 e. The van der Waals surface area contributed by atoms with Gasteiger partial charge in [0, 0.05) is 16.3 Å². The minimum absolute atomic E-state index is 0.134. The molecular formula is C28H25N3O2S2. The third-order valence-electron chi connectivity index (χ3n) is 5.08. The summed E-state index contributed by atoms with van der Waals surface area (Å²) in [5.74, 6) is 0.480. The molecule has 0 radical (unpaired) electrons. The van der Waals surface area contributed by atoms with Crippen molar-refractivity contribution in [3.05, 3.63) is 115 Å². The summed E-state index contributed by atoms with van der Waals surface area (Å²) in [7, 11) is 1.59. The zero-order chi connectivity index (χ0) is 24.5. The lowest BCUT2D eigenvalue weighted by molar-refractivity contribution is -0.115. The Balaban J connectivity index is 1.51. The van der Waals surface area contributed by atoms with Crippen molar-refractivity contribution in [1.82, 2.24) is 0 Å². The summed E-state index contributed by atoms with van der Waals surface area (Å²) in [5, 5.41) is 9.44. The number of carbonyl (C=O) groups excluding carboxylic acids is 1. The number of benzene rings is 4. The van der Waals surface area contributed by atoms with E-state index < -0.39 is 5.25 Å². The van der Waals surface area contributed by atoms with Crippen LogP contribution in [0.3, 0.4) is 0 Å². The highest BCUT2D eigenvalue weighted by Crippen LogP contribution is 2.38. The molecule has 0 spiro atoms. The molecule has 1 unspecified atom stereocenters. The minimum atomic E-state index is -0.467. The van der Waals surface area contributed by atoms with Gasteiger partial charge in [0.1, 0.15) is 11.0 Å². The third-order valence-corrected chi connectivity index (χ3v) is 6.53. The average molecular weight is 500 g/mol. The van der Waals surface area contributed by atoms with Gasteiger partial charge in [-0.05, 0) is 60.2 Å². The van der Waals surface area contributed by atoms with E-state index >= 15 is 0 Å². The van der Waals surface area contributed by atoms with Gasteiger partial charge >= 0.3 is 0 Å². The molecule has 5 nitrogen and oxygen atoms in total. The summed E-state index contributed by atoms with van der Waals surface area (Å²) >= 11 is 6.93. The zero-order valence-electron chi connectivity index (χ0n) is 19.1. The van der Waals surface area contributed by atoms with E-state index in [2.05, 4.69) is 16.0 Å². The van der Waals surface area contributed by atoms with E-state index in [0.29, 0.717) is 16.5 Å². The number of thioether (sulfide) groups is 1. The number of para-hydroxylation sites is 3. The molecule has 4 aromatic rings. The molecule has 0 fully saturated rings. The Hall–Kier alpha value is -3.81. The first-order valence-electron chi connectivity index (χ1n) is 11.0. The first-order chi connectivity index (χ1) is 17.1. The van der Waals surface area contributed by atoms with Crippen molar-refractivity contribution < 1.29 is 9.53 Å². The van der Waals surface area contributed by atoms with E-state index in [-0.39, 0.29) is 5.91 Å². The second kappa shape index (κ2) is 12.1. The predicted octanol–water partition coefficient (Wildman–Crippen LogP) is 6.98. The Labute approximate surface area is 214 Å². The summed E-state index contributed by atoms with van der Waals surface area (Å²) in [4.78, 5) is 14.3. The lowest BCUT2D eigenvalue weighted by atomic mass is 10.1. The normalized spacial score (nSPS) is 11.2. The quantitative estimate of drug-likeness (QED) is 0.180. The Bertz CT molecular complexity index is 1280. The minimum Gasteiger partial charge on any atom is -0.495 e. The van der Waals surface area contributed by atoms with Crippen LogP contribution in [-0.2, 0) is 4.79 Å². The molecular weight excluding hydrogens is 474 g/mol. The third kappa shape index (κ3) is 6.85. The first-order valence-corrected chi connectivity index (χ1v) is 12.3. The van der Waals surface area contributed by atoms with Gasteiger partial charge < -0.3 is 20.7 Å². The van der Waals surface area contributed by atoms with Crippen LogP contribution in [0.4, 0.5) is 17.1 Å². The number of amides is 1. The molecule has 1 atom stereocenters. The zero-order valence-corrected chi connectivity index (χ0v) is 20.7. The van der Waals surface area contributed by atoms with Crippen molar-refractivity contribution in [2.24, 2.45) is 0 Å². The molecule has 0 aliphatic carbocycles. The van der Waals surface area contributed by atoms with Crippen LogP contribution in [-0.4, -0.2) is 18.1 Å². The largest absolute Gasteiger partial charge is 0.495 e. The Morgan fingerprint density at radius 1 is 0.771 bits per heavy atom. The fourth-order valence-electron chi connectivity index (χ4n) is 3.45. The highest BCUT2D eigenvalue weighted by molar-refractivity contribution is 8.00. The van der Waals surface area contributed by atoms with Gasteiger partial charge in [0.15, 0.2) is 5.11 Å². The molecule has 0 bridgehead atoms. The van der Waals surface area contributed by atoms with Crippen molar-refractivity contribution >= 4 is 52.1 Å². The summed E-state index contributed by atoms with van der Waals surface area (Å²) < 4.78 is 5.40. The molecule has 4 rings (SSSR count). The summed E-state index contributed by atoms with van der Waals surface area (Å²) in [5.41, 5.74) is 3.28. The van der Waals surface area contributed by atoms with Gasteiger partial charge in [-0.3, -0.25) is 4.79 Å². The number of carbonyl (C=O) groups is 1. The Kier molecular flexibility index (Phi) is 8.38. The standard InChI is InChI=1S/C28H25N3O2S2/c1-33-25-18-9-8-17-24(25)31-27(32)26(20-11-4-2-5-12-20)35-23-16-10-15-22(19-23)30-28(34)29-21-13-6-3-7-14-21/h2-19,26H,1H3,(H,31,32)(H2,29,30,34). The Morgan fingerprint density at radius 2 is 1.40 bits per heavy atom. The molecule has 0 aliphatic heterocycles. The van der Waals surface area contributed by atoms with Crippen molar-refractivity contribution in [1.29, 1.82) is 0 Å². The van der Waals surface area contributed by atoms with Crippen LogP contribution < -0.4 is 20.7 Å². The molecule has 0 heterocycles. The topological polar surface area (TPSA) is 62.4 Å². The number of hydrogen-bond donors (Lipinski definition) is 3. The van der Waals surface area contributed by atoms with Crippen LogP contribution in [0.5, 0.6) is 5.75 Å². The van der Waals surface area contributed by atoms with E-state index in [1.807, 2.05) is 109 Å². The fraction of sp³-hybridized carbons (Fsp3) is 0.0714. The maximum absolute atomic E-state index is 13.4. The van der Waals surface area contributed by atoms with Crippen molar-refractivity contribution in [3.8, 4) is 5.75 Å². The number of anilines is 3. The van der Waals surface area contributed by atoms with Crippen LogP contribution in [0.1, 0.15) is 10.8 Å². The van der Waals surface area contributed by atoms with Gasteiger partial charge in [-0.25, -0.2) is 0 Å². The van der Waals surface area contributed by atoms with Crippen LogP contribution >= 0.6 is 24.0 Å². The average Bonchev–Trinajstić information content (AvgIpc) is 2.89. The monoisotopic (exact) mass is 499 g/mol. The predicted molar refractivity (Wildman–Crippen MR) is 149 cm³/mol. The highest BCUT2D eigenvalue weighted by Gasteiger charge is 2.23. The number of ether oxygens (including phenoxy) is 1. The molecule has 0 saturated heterocycles. The van der Waals surface area contributed by atoms with Crippen molar-refractivity contribution in [3.63, 3.8) is 0 Å². The van der Waals surface area contributed by atoms with E-state index in [1.54, 1.807) is 7.11 Å². The highest BCUT2D eigenvalue weighted by atomic mass is 32.2. The second-order valence-electron chi connectivity index (χ2n) is 7.57. The summed E-state index contributed by atoms with van der Waals surface area (Å²) in [6.07, 6.45) is 0. The molecule has 1 amide bonds. The lowest BCUT2D eigenvalue weighted by Gasteiger charge is -2.19. The fourth-order valence-corrected chi connectivity index (χ4v) is 4.76. The number of thiocarbonyl (C=S) groups is 1. The van der Waals surface area contributed by atoms with E-state index in [4.69, 9.17) is 17.0 Å². The maximum atomic E-state index is 13.4. The molecule has 4 aromatic carbocycles. The van der Waals surface area contributed by atoms with Crippen LogP contribution in [0.25, 0.3) is 0 Å². The van der Waals surface area contributed by atoms with Gasteiger partial charge in [0.2, 0.25) is 5.91 Å². The number of hydrogen-bond acceptors (Lipinski definition) is 4. The molecule has 35 heavy (non-hydrogen) atoms. The molecule has 3 N–H and O–H groups in total. The van der Waals surface area contributed by atoms with Crippen LogP contribution in [0.15, 0.2) is 114 Å². The molecule has 0 aliphatic rings. The number of nitrogens with one attached hydrogen (secondary N) is 3. The van der Waals surface area contributed by atoms with E-state index in [1.165, 1.54) is 11.8 Å². The smallest absolute Gasteiger partial charge is 0.242 e. The van der Waals surface area contributed by atoms with E-state index in [0.717, 1.165) is 21.8 Å². The van der Waals surface area contributed by atoms with E-state index in [9.17, 15) is 4.79 Å². The van der Waals surface area contributed by atoms with Crippen LogP contribution in [0.2, 0.25) is 0 Å². The van der Waals surface area contributed by atoms with Gasteiger partial charge in [0.05, 0.1) is 12.8 Å². The van der Waals surface area contributed by atoms with Crippen molar-refractivity contribution in [2.45, 2.75) is 10.1 Å². The van der Waals surface area contributed by atoms with Gasteiger partial charge in [-0.1, -0.05) is 66.7 Å². The summed E-state index contributed by atoms with van der Waals surface area (Å²) in [6, 6.07) is 34.7. The van der Waals surface area contributed by atoms with Crippen LogP contribution in [0, 0.1) is 0 Å². The van der Waals surface area contributed by atoms with Gasteiger partial charge in [-0.15, -0.1) is 11.8 Å². The van der Waals surface area contributed by atoms with Gasteiger partial charge in [0.25, 0.3) is 0 Å². The molecule has 7 heteroatoms. The second-order valence-corrected chi connectivity index (χ2v) is 9.16. The lowest BCUT2D eigenvalue weighted by Crippen LogP contribution is -2.20.